The van der Waals surface area contributed by atoms with Crippen molar-refractivity contribution in [3.63, 3.8) is 0 Å². The van der Waals surface area contributed by atoms with Gasteiger partial charge >= 0.3 is 5.97 Å². The molecule has 4 aromatic rings. The third-order valence-electron chi connectivity index (χ3n) is 7.08. The fraction of sp³-hybridized carbons (Fsp3) is 0.259. The molecule has 1 aliphatic rings. The monoisotopic (exact) mass is 565 g/mol. The Morgan fingerprint density at radius 1 is 1.20 bits per heavy atom. The van der Waals surface area contributed by atoms with Gasteiger partial charge < -0.3 is 24.9 Å². The molecule has 1 saturated carbocycles. The summed E-state index contributed by atoms with van der Waals surface area (Å²) in [7, 11) is -1.06. The molecule has 13 heteroatoms. The highest BCUT2D eigenvalue weighted by atomic mass is 32.2. The molecule has 1 amide bonds. The molecule has 0 radical (unpaired) electrons. The number of nitrogens with one attached hydrogen (secondary N) is 1. The Bertz CT molecular complexity index is 1800. The molecule has 0 saturated heterocycles. The number of sulfonamides is 1. The van der Waals surface area contributed by atoms with Crippen LogP contribution in [0.15, 0.2) is 42.9 Å². The SMILES string of the molecule is COc1c(C(N)=O)cc(C2(C)CC2)c(-c2c(C(=O)O)n(C)c3c(Oc4ccncn4)cccc23)c1NS(C)(=O)=O. The Kier molecular flexibility index (Phi) is 6.41. The van der Waals surface area contributed by atoms with Crippen molar-refractivity contribution in [2.45, 2.75) is 25.2 Å². The molecule has 0 bridgehead atoms. The first kappa shape index (κ1) is 26.9. The minimum absolute atomic E-state index is 0.0228. The maximum absolute atomic E-state index is 12.8. The van der Waals surface area contributed by atoms with Crippen molar-refractivity contribution >= 4 is 38.5 Å². The predicted molar refractivity (Wildman–Crippen MR) is 148 cm³/mol. The number of nitrogens with two attached hydrogens (primary N) is 1. The smallest absolute Gasteiger partial charge is 0.353 e. The van der Waals surface area contributed by atoms with Gasteiger partial charge in [0.25, 0.3) is 5.91 Å². The standard InChI is InChI=1S/C27H27N5O7S/c1-27(9-10-27)16-12-15(25(28)33)24(38-3)21(31-40(4,36)37)20(16)19-14-6-5-7-17(39-18-8-11-29-13-30-18)22(14)32(2)23(19)26(34)35/h5-8,11-13,31H,9-10H2,1-4H3,(H2,28,33)(H,34,35). The number of methoxy groups -OCH3 is 1. The van der Waals surface area contributed by atoms with Crippen LogP contribution in [-0.4, -0.2) is 53.3 Å². The fourth-order valence-electron chi connectivity index (χ4n) is 5.05. The number of carbonyl (C=O) groups is 2. The number of benzene rings is 2. The Balaban J connectivity index is 1.95. The van der Waals surface area contributed by atoms with E-state index in [2.05, 4.69) is 14.7 Å². The Hall–Kier alpha value is -4.65. The average molecular weight is 566 g/mol. The quantitative estimate of drug-likeness (QED) is 0.273. The number of aromatic nitrogens is 3. The van der Waals surface area contributed by atoms with Crippen molar-refractivity contribution in [3.8, 4) is 28.5 Å². The first-order valence-corrected chi connectivity index (χ1v) is 14.1. The van der Waals surface area contributed by atoms with Crippen LogP contribution in [0.5, 0.6) is 17.4 Å². The van der Waals surface area contributed by atoms with Gasteiger partial charge in [-0.25, -0.2) is 23.2 Å². The number of ether oxygens (including phenoxy) is 2. The number of carboxylic acids is 1. The van der Waals surface area contributed by atoms with Crippen LogP contribution in [0.25, 0.3) is 22.0 Å². The van der Waals surface area contributed by atoms with Crippen LogP contribution >= 0.6 is 0 Å². The Labute approximate surface area is 229 Å². The summed E-state index contributed by atoms with van der Waals surface area (Å²) in [6, 6.07) is 8.24. The van der Waals surface area contributed by atoms with Crippen LogP contribution in [0.2, 0.25) is 0 Å². The number of aromatic carboxylic acids is 1. The number of amides is 1. The summed E-state index contributed by atoms with van der Waals surface area (Å²) < 4.78 is 40.7. The summed E-state index contributed by atoms with van der Waals surface area (Å²) >= 11 is 0. The van der Waals surface area contributed by atoms with Crippen molar-refractivity contribution in [3.05, 3.63) is 59.7 Å². The van der Waals surface area contributed by atoms with Crippen molar-refractivity contribution in [2.75, 3.05) is 18.1 Å². The zero-order valence-corrected chi connectivity index (χ0v) is 23.0. The summed E-state index contributed by atoms with van der Waals surface area (Å²) in [6.45, 7) is 1.96. The minimum Gasteiger partial charge on any atom is -0.494 e. The average Bonchev–Trinajstić information content (AvgIpc) is 3.56. The molecule has 0 spiro atoms. The van der Waals surface area contributed by atoms with Crippen molar-refractivity contribution < 1.29 is 32.6 Å². The zero-order valence-electron chi connectivity index (χ0n) is 22.2. The van der Waals surface area contributed by atoms with Crippen LogP contribution < -0.4 is 19.9 Å². The number of rotatable bonds is 9. The topological polar surface area (TPSA) is 176 Å². The van der Waals surface area contributed by atoms with E-state index in [1.807, 2.05) is 6.92 Å². The highest BCUT2D eigenvalue weighted by Gasteiger charge is 2.44. The van der Waals surface area contributed by atoms with Gasteiger partial charge in [0.05, 0.1) is 30.1 Å². The van der Waals surface area contributed by atoms with Gasteiger partial charge in [-0.15, -0.1) is 0 Å². The molecular weight excluding hydrogens is 538 g/mol. The van der Waals surface area contributed by atoms with Gasteiger partial charge in [-0.1, -0.05) is 19.1 Å². The number of aryl methyl sites for hydroxylation is 1. The lowest BCUT2D eigenvalue weighted by Crippen LogP contribution is -2.20. The number of hydrogen-bond acceptors (Lipinski definition) is 8. The lowest BCUT2D eigenvalue weighted by atomic mass is 9.85. The second-order valence-electron chi connectivity index (χ2n) is 9.94. The molecule has 40 heavy (non-hydrogen) atoms. The van der Waals surface area contributed by atoms with Crippen LogP contribution in [-0.2, 0) is 22.5 Å². The van der Waals surface area contributed by atoms with E-state index < -0.39 is 27.3 Å². The van der Waals surface area contributed by atoms with Gasteiger partial charge in [-0.3, -0.25) is 9.52 Å². The summed E-state index contributed by atoms with van der Waals surface area (Å²) in [4.78, 5) is 33.3. The molecule has 0 atom stereocenters. The molecule has 1 aliphatic carbocycles. The Morgan fingerprint density at radius 3 is 2.48 bits per heavy atom. The van der Waals surface area contributed by atoms with Gasteiger partial charge in [-0.05, 0) is 36.0 Å². The normalized spacial score (nSPS) is 14.1. The van der Waals surface area contributed by atoms with Gasteiger partial charge in [0.1, 0.15) is 12.0 Å². The molecule has 4 N–H and O–H groups in total. The number of primary amides is 1. The minimum atomic E-state index is -3.93. The lowest BCUT2D eigenvalue weighted by molar-refractivity contribution is 0.0687. The third-order valence-corrected chi connectivity index (χ3v) is 7.66. The molecule has 0 unspecified atom stereocenters. The molecular formula is C27H27N5O7S. The number of hydrogen-bond donors (Lipinski definition) is 3. The van der Waals surface area contributed by atoms with Crippen molar-refractivity contribution in [1.29, 1.82) is 0 Å². The van der Waals surface area contributed by atoms with Gasteiger partial charge in [0.15, 0.2) is 11.5 Å². The zero-order chi connectivity index (χ0) is 29.0. The highest BCUT2D eigenvalue weighted by Crippen LogP contribution is 2.56. The van der Waals surface area contributed by atoms with Crippen molar-refractivity contribution in [1.82, 2.24) is 14.5 Å². The van der Waals surface area contributed by atoms with Crippen LogP contribution in [0.4, 0.5) is 5.69 Å². The predicted octanol–water partition coefficient (Wildman–Crippen LogP) is 3.66. The number of anilines is 1. The van der Waals surface area contributed by atoms with E-state index in [1.54, 1.807) is 37.4 Å². The summed E-state index contributed by atoms with van der Waals surface area (Å²) in [5.41, 5.74) is 6.54. The van der Waals surface area contributed by atoms with E-state index in [0.717, 1.165) is 19.1 Å². The van der Waals surface area contributed by atoms with Gasteiger partial charge in [-0.2, -0.15) is 0 Å². The third kappa shape index (κ3) is 4.57. The molecule has 5 rings (SSSR count). The van der Waals surface area contributed by atoms with Crippen LogP contribution in [0.3, 0.4) is 0 Å². The molecule has 208 valence electrons. The number of carboxylic acid groups (broad SMARTS) is 1. The second-order valence-corrected chi connectivity index (χ2v) is 11.7. The van der Waals surface area contributed by atoms with E-state index in [0.29, 0.717) is 22.2 Å². The van der Waals surface area contributed by atoms with E-state index in [4.69, 9.17) is 15.2 Å². The first-order chi connectivity index (χ1) is 18.9. The first-order valence-electron chi connectivity index (χ1n) is 12.2. The van der Waals surface area contributed by atoms with Gasteiger partial charge in [0, 0.05) is 35.8 Å². The molecule has 1 fully saturated rings. The summed E-state index contributed by atoms with van der Waals surface area (Å²) in [5, 5.41) is 10.9. The maximum atomic E-state index is 12.8. The number of para-hydroxylation sites is 1. The second kappa shape index (κ2) is 9.52. The molecule has 0 aliphatic heterocycles. The van der Waals surface area contributed by atoms with Gasteiger partial charge in [0.2, 0.25) is 15.9 Å². The van der Waals surface area contributed by atoms with E-state index in [9.17, 15) is 23.1 Å². The molecule has 12 nitrogen and oxygen atoms in total. The number of fused-ring (bicyclic) bond motifs is 1. The lowest BCUT2D eigenvalue weighted by Gasteiger charge is -2.24. The number of nitrogens with zero attached hydrogens (tertiary/aromatic N) is 3. The van der Waals surface area contributed by atoms with Crippen LogP contribution in [0, 0.1) is 0 Å². The molecule has 2 aromatic carbocycles. The highest BCUT2D eigenvalue weighted by molar-refractivity contribution is 7.92. The Morgan fingerprint density at radius 2 is 1.93 bits per heavy atom. The largest absolute Gasteiger partial charge is 0.494 e. The summed E-state index contributed by atoms with van der Waals surface area (Å²) in [5.74, 6) is -1.60. The van der Waals surface area contributed by atoms with E-state index in [-0.39, 0.29) is 39.7 Å². The fourth-order valence-corrected chi connectivity index (χ4v) is 5.62. The summed E-state index contributed by atoms with van der Waals surface area (Å²) in [6.07, 6.45) is 5.27. The van der Waals surface area contributed by atoms with Crippen LogP contribution in [0.1, 0.15) is 46.2 Å². The maximum Gasteiger partial charge on any atom is 0.353 e. The van der Waals surface area contributed by atoms with E-state index >= 15 is 0 Å². The van der Waals surface area contributed by atoms with Crippen molar-refractivity contribution in [2.24, 2.45) is 12.8 Å². The molecule has 2 aromatic heterocycles. The van der Waals surface area contributed by atoms with E-state index in [1.165, 1.54) is 24.2 Å². The number of carbonyl (C=O) groups excluding carboxylic acids is 1. The molecule has 2 heterocycles.